The van der Waals surface area contributed by atoms with Crippen molar-refractivity contribution < 1.29 is 18.4 Å². The normalized spacial score (nSPS) is 17.6. The summed E-state index contributed by atoms with van der Waals surface area (Å²) in [5.41, 5.74) is 0.622. The zero-order valence-corrected chi connectivity index (χ0v) is 13.3. The van der Waals surface area contributed by atoms with Crippen LogP contribution in [0.25, 0.3) is 0 Å². The minimum absolute atomic E-state index is 0.0244. The van der Waals surface area contributed by atoms with Crippen LogP contribution >= 0.6 is 0 Å². The largest absolute Gasteiger partial charge is 0.407 e. The van der Waals surface area contributed by atoms with Gasteiger partial charge in [-0.2, -0.15) is 0 Å². The molecule has 0 unspecified atom stereocenters. The van der Waals surface area contributed by atoms with Gasteiger partial charge in [-0.25, -0.2) is 4.39 Å². The van der Waals surface area contributed by atoms with Gasteiger partial charge in [0.15, 0.2) is 0 Å². The second kappa shape index (κ2) is 6.38. The molecular weight excluding hydrogens is 315 g/mol. The van der Waals surface area contributed by atoms with E-state index in [1.807, 2.05) is 0 Å². The molecule has 126 valence electrons. The molecule has 2 aromatic rings. The van der Waals surface area contributed by atoms with E-state index < -0.39 is 0 Å². The highest BCUT2D eigenvalue weighted by atomic mass is 19.1. The van der Waals surface area contributed by atoms with E-state index in [-0.39, 0.29) is 41.9 Å². The maximum Gasteiger partial charge on any atom is 0.322 e. The molecule has 1 aliphatic heterocycles. The van der Waals surface area contributed by atoms with Crippen molar-refractivity contribution >= 4 is 23.5 Å². The molecule has 0 radical (unpaired) electrons. The monoisotopic (exact) mass is 332 g/mol. The summed E-state index contributed by atoms with van der Waals surface area (Å²) in [5, 5.41) is 10.2. The molecule has 7 nitrogen and oxygen atoms in total. The van der Waals surface area contributed by atoms with Crippen LogP contribution in [0.1, 0.15) is 32.1 Å². The number of carbonyl (C=O) groups excluding carboxylic acids is 2. The highest BCUT2D eigenvalue weighted by molar-refractivity contribution is 5.96. The molecule has 1 aromatic carbocycles. The minimum Gasteiger partial charge on any atom is -0.407 e. The van der Waals surface area contributed by atoms with Crippen molar-refractivity contribution in [2.45, 2.75) is 26.2 Å². The molecular formula is C16H17FN4O3. The SMILES string of the molecule is CC(C)C(=O)Nc1nnc([C@H]2CC(=O)N(c3ccc(F)cc3)C2)o1. The molecule has 1 aromatic heterocycles. The van der Waals surface area contributed by atoms with E-state index in [0.29, 0.717) is 18.1 Å². The first kappa shape index (κ1) is 16.1. The summed E-state index contributed by atoms with van der Waals surface area (Å²) in [5.74, 6) is -0.850. The summed E-state index contributed by atoms with van der Waals surface area (Å²) in [6.45, 7) is 3.87. The number of aromatic nitrogens is 2. The standard InChI is InChI=1S/C16H17FN4O3/c1-9(2)14(23)18-16-20-19-15(24-16)10-7-13(22)21(8-10)12-5-3-11(17)4-6-12/h3-6,9-10H,7-8H2,1-2H3,(H,18,20,23)/t10-/m0/s1. The summed E-state index contributed by atoms with van der Waals surface area (Å²) in [6, 6.07) is 5.75. The topological polar surface area (TPSA) is 88.3 Å². The molecule has 0 spiro atoms. The van der Waals surface area contributed by atoms with Crippen LogP contribution in [0, 0.1) is 11.7 Å². The van der Waals surface area contributed by atoms with Crippen molar-refractivity contribution in [1.29, 1.82) is 0 Å². The maximum atomic E-state index is 13.0. The van der Waals surface area contributed by atoms with Crippen LogP contribution in [-0.2, 0) is 9.59 Å². The number of amides is 2. The van der Waals surface area contributed by atoms with Crippen molar-refractivity contribution in [1.82, 2.24) is 10.2 Å². The smallest absolute Gasteiger partial charge is 0.322 e. The second-order valence-electron chi connectivity index (χ2n) is 5.97. The molecule has 2 heterocycles. The highest BCUT2D eigenvalue weighted by Gasteiger charge is 2.35. The lowest BCUT2D eigenvalue weighted by Crippen LogP contribution is -2.24. The van der Waals surface area contributed by atoms with E-state index >= 15 is 0 Å². The quantitative estimate of drug-likeness (QED) is 0.928. The molecule has 0 aliphatic carbocycles. The number of carbonyl (C=O) groups is 2. The molecule has 8 heteroatoms. The van der Waals surface area contributed by atoms with Gasteiger partial charge in [0.1, 0.15) is 5.82 Å². The summed E-state index contributed by atoms with van der Waals surface area (Å²) in [6.07, 6.45) is 0.219. The fourth-order valence-corrected chi connectivity index (χ4v) is 2.44. The Morgan fingerprint density at radius 1 is 1.33 bits per heavy atom. The van der Waals surface area contributed by atoms with E-state index in [4.69, 9.17) is 4.42 Å². The Hall–Kier alpha value is -2.77. The maximum absolute atomic E-state index is 13.0. The van der Waals surface area contributed by atoms with Crippen LogP contribution in [0.5, 0.6) is 0 Å². The molecule has 1 N–H and O–H groups in total. The van der Waals surface area contributed by atoms with Crippen LogP contribution < -0.4 is 10.2 Å². The average Bonchev–Trinajstić information content (AvgIpc) is 3.15. The van der Waals surface area contributed by atoms with E-state index in [9.17, 15) is 14.0 Å². The summed E-state index contributed by atoms with van der Waals surface area (Å²) >= 11 is 0. The van der Waals surface area contributed by atoms with Gasteiger partial charge in [0, 0.05) is 24.6 Å². The summed E-state index contributed by atoms with van der Waals surface area (Å²) in [7, 11) is 0. The summed E-state index contributed by atoms with van der Waals surface area (Å²) < 4.78 is 18.5. The summed E-state index contributed by atoms with van der Waals surface area (Å²) in [4.78, 5) is 25.4. The van der Waals surface area contributed by atoms with Crippen molar-refractivity contribution in [2.24, 2.45) is 5.92 Å². The van der Waals surface area contributed by atoms with Gasteiger partial charge in [-0.15, -0.1) is 5.10 Å². The van der Waals surface area contributed by atoms with Gasteiger partial charge in [0.2, 0.25) is 17.7 Å². The number of nitrogens with one attached hydrogen (secondary N) is 1. The predicted molar refractivity (Wildman–Crippen MR) is 83.9 cm³/mol. The first-order valence-electron chi connectivity index (χ1n) is 7.64. The fraction of sp³-hybridized carbons (Fsp3) is 0.375. The molecule has 1 fully saturated rings. The molecule has 2 amide bonds. The Balaban J connectivity index is 1.71. The van der Waals surface area contributed by atoms with E-state index in [0.717, 1.165) is 0 Å². The van der Waals surface area contributed by atoms with Crippen LogP contribution in [0.4, 0.5) is 16.1 Å². The Bertz CT molecular complexity index is 757. The number of anilines is 2. The Kier molecular flexibility index (Phi) is 4.28. The third-order valence-corrected chi connectivity index (χ3v) is 3.81. The van der Waals surface area contributed by atoms with Crippen molar-refractivity contribution in [2.75, 3.05) is 16.8 Å². The van der Waals surface area contributed by atoms with Gasteiger partial charge in [-0.3, -0.25) is 14.9 Å². The van der Waals surface area contributed by atoms with Gasteiger partial charge in [0.25, 0.3) is 0 Å². The molecule has 1 atom stereocenters. The Morgan fingerprint density at radius 3 is 2.71 bits per heavy atom. The number of halogens is 1. The average molecular weight is 332 g/mol. The second-order valence-corrected chi connectivity index (χ2v) is 5.97. The van der Waals surface area contributed by atoms with Gasteiger partial charge in [-0.05, 0) is 24.3 Å². The third-order valence-electron chi connectivity index (χ3n) is 3.81. The lowest BCUT2D eigenvalue weighted by Gasteiger charge is -2.15. The van der Waals surface area contributed by atoms with Crippen LogP contribution in [-0.4, -0.2) is 28.6 Å². The predicted octanol–water partition coefficient (Wildman–Crippen LogP) is 2.32. The molecule has 0 saturated carbocycles. The molecule has 3 rings (SSSR count). The lowest BCUT2D eigenvalue weighted by molar-refractivity contribution is -0.119. The zero-order chi connectivity index (χ0) is 17.3. The number of rotatable bonds is 4. The third kappa shape index (κ3) is 3.27. The number of hydrogen-bond donors (Lipinski definition) is 1. The van der Waals surface area contributed by atoms with Gasteiger partial charge in [-0.1, -0.05) is 18.9 Å². The first-order chi connectivity index (χ1) is 11.4. The van der Waals surface area contributed by atoms with Crippen LogP contribution in [0.15, 0.2) is 28.7 Å². The molecule has 0 bridgehead atoms. The number of hydrogen-bond acceptors (Lipinski definition) is 5. The van der Waals surface area contributed by atoms with Crippen molar-refractivity contribution in [3.8, 4) is 0 Å². The molecule has 24 heavy (non-hydrogen) atoms. The first-order valence-corrected chi connectivity index (χ1v) is 7.64. The minimum atomic E-state index is -0.357. The Labute approximate surface area is 137 Å². The van der Waals surface area contributed by atoms with E-state index in [1.165, 1.54) is 12.1 Å². The van der Waals surface area contributed by atoms with Crippen LogP contribution in [0.3, 0.4) is 0 Å². The lowest BCUT2D eigenvalue weighted by atomic mass is 10.1. The highest BCUT2D eigenvalue weighted by Crippen LogP contribution is 2.31. The van der Waals surface area contributed by atoms with Crippen molar-refractivity contribution in [3.63, 3.8) is 0 Å². The Morgan fingerprint density at radius 2 is 2.04 bits per heavy atom. The van der Waals surface area contributed by atoms with Gasteiger partial charge < -0.3 is 9.32 Å². The zero-order valence-electron chi connectivity index (χ0n) is 13.3. The van der Waals surface area contributed by atoms with Gasteiger partial charge >= 0.3 is 6.01 Å². The van der Waals surface area contributed by atoms with E-state index in [1.54, 1.807) is 30.9 Å². The van der Waals surface area contributed by atoms with Crippen molar-refractivity contribution in [3.05, 3.63) is 36.0 Å². The van der Waals surface area contributed by atoms with Crippen LogP contribution in [0.2, 0.25) is 0 Å². The number of nitrogens with zero attached hydrogens (tertiary/aromatic N) is 3. The molecule has 1 saturated heterocycles. The molecule has 1 aliphatic rings. The van der Waals surface area contributed by atoms with E-state index in [2.05, 4.69) is 15.5 Å². The fourth-order valence-electron chi connectivity index (χ4n) is 2.44. The number of benzene rings is 1. The van der Waals surface area contributed by atoms with Gasteiger partial charge in [0.05, 0.1) is 5.92 Å².